The Bertz CT molecular complexity index is 434. The van der Waals surface area contributed by atoms with E-state index in [4.69, 9.17) is 0 Å². The summed E-state index contributed by atoms with van der Waals surface area (Å²) < 4.78 is 14.6. The molecular weight excluding hydrogens is 179 g/mol. The van der Waals surface area contributed by atoms with E-state index in [9.17, 15) is 4.39 Å². The number of halogens is 1. The molecule has 2 nitrogen and oxygen atoms in total. The summed E-state index contributed by atoms with van der Waals surface area (Å²) in [4.78, 5) is 0. The van der Waals surface area contributed by atoms with Crippen molar-refractivity contribution in [2.45, 2.75) is 13.3 Å². The van der Waals surface area contributed by atoms with E-state index in [1.807, 2.05) is 25.3 Å². The number of aryl methyl sites for hydroxylation is 1. The van der Waals surface area contributed by atoms with Crippen LogP contribution in [0.4, 0.5) is 4.39 Å². The van der Waals surface area contributed by atoms with Gasteiger partial charge in [0.05, 0.1) is 11.4 Å². The van der Waals surface area contributed by atoms with Gasteiger partial charge in [-0.05, 0) is 30.7 Å². The Morgan fingerprint density at radius 2 is 2.21 bits per heavy atom. The average Bonchev–Trinajstić information content (AvgIpc) is 2.66. The lowest BCUT2D eigenvalue weighted by Gasteiger charge is -2.00. The summed E-state index contributed by atoms with van der Waals surface area (Å²) in [6, 6.07) is 8.33. The van der Waals surface area contributed by atoms with Crippen LogP contribution in [0.25, 0.3) is 5.69 Å². The highest BCUT2D eigenvalue weighted by Crippen LogP contribution is 2.09. The molecule has 0 fully saturated rings. The maximum Gasteiger partial charge on any atom is 0.125 e. The first-order valence-corrected chi connectivity index (χ1v) is 4.60. The first-order chi connectivity index (χ1) is 6.79. The molecule has 0 aliphatic carbocycles. The van der Waals surface area contributed by atoms with Gasteiger partial charge >= 0.3 is 0 Å². The number of nitrogens with zero attached hydrogens (tertiary/aromatic N) is 2. The zero-order valence-corrected chi connectivity index (χ0v) is 7.94. The van der Waals surface area contributed by atoms with Gasteiger partial charge in [0, 0.05) is 6.20 Å². The van der Waals surface area contributed by atoms with Crippen LogP contribution in [-0.4, -0.2) is 9.78 Å². The maximum atomic E-state index is 12.9. The molecule has 72 valence electrons. The molecule has 14 heavy (non-hydrogen) atoms. The molecule has 0 bridgehead atoms. The van der Waals surface area contributed by atoms with Crippen LogP contribution in [0.15, 0.2) is 36.5 Å². The van der Waals surface area contributed by atoms with E-state index < -0.39 is 0 Å². The van der Waals surface area contributed by atoms with Crippen molar-refractivity contribution in [3.05, 3.63) is 48.0 Å². The predicted octanol–water partition coefficient (Wildman–Crippen LogP) is 2.57. The van der Waals surface area contributed by atoms with Crippen molar-refractivity contribution in [1.29, 1.82) is 0 Å². The normalized spacial score (nSPS) is 10.4. The molecule has 0 spiro atoms. The molecule has 0 radical (unpaired) electrons. The molecule has 1 aromatic carbocycles. The Morgan fingerprint density at radius 1 is 1.36 bits per heavy atom. The summed E-state index contributed by atoms with van der Waals surface area (Å²) in [6.07, 6.45) is 2.73. The van der Waals surface area contributed by atoms with E-state index in [0.717, 1.165) is 17.8 Å². The Labute approximate surface area is 82.0 Å². The minimum absolute atomic E-state index is 0.240. The molecule has 2 aromatic rings. The highest BCUT2D eigenvalue weighted by Gasteiger charge is 1.99. The van der Waals surface area contributed by atoms with Crippen LogP contribution in [0, 0.1) is 5.82 Å². The third-order valence-electron chi connectivity index (χ3n) is 2.08. The second-order valence-electron chi connectivity index (χ2n) is 3.09. The highest BCUT2D eigenvalue weighted by atomic mass is 19.1. The molecule has 0 unspecified atom stereocenters. The lowest BCUT2D eigenvalue weighted by atomic mass is 10.3. The Hall–Kier alpha value is -1.64. The summed E-state index contributed by atoms with van der Waals surface area (Å²) in [5.74, 6) is -0.240. The van der Waals surface area contributed by atoms with Crippen LogP contribution in [0.2, 0.25) is 0 Å². The van der Waals surface area contributed by atoms with Gasteiger partial charge in [0.15, 0.2) is 0 Å². The summed E-state index contributed by atoms with van der Waals surface area (Å²) in [6.45, 7) is 2.04. The molecule has 3 heteroatoms. The number of hydrogen-bond donors (Lipinski definition) is 0. The van der Waals surface area contributed by atoms with Crippen LogP contribution in [-0.2, 0) is 6.42 Å². The van der Waals surface area contributed by atoms with Crippen LogP contribution < -0.4 is 0 Å². The standard InChI is InChI=1S/C11H11FN2/c1-2-10-6-7-14(13-10)11-5-3-4-9(12)8-11/h3-8H,2H2,1H3. The summed E-state index contributed by atoms with van der Waals surface area (Å²) in [5, 5.41) is 4.29. The Morgan fingerprint density at radius 3 is 2.86 bits per heavy atom. The minimum Gasteiger partial charge on any atom is -0.241 e. The van der Waals surface area contributed by atoms with Crippen molar-refractivity contribution in [2.75, 3.05) is 0 Å². The SMILES string of the molecule is CCc1ccn(-c2cccc(F)c2)n1. The zero-order chi connectivity index (χ0) is 9.97. The van der Waals surface area contributed by atoms with E-state index in [1.54, 1.807) is 10.7 Å². The van der Waals surface area contributed by atoms with Crippen LogP contribution in [0.1, 0.15) is 12.6 Å². The van der Waals surface area contributed by atoms with Gasteiger partial charge in [0.2, 0.25) is 0 Å². The van der Waals surface area contributed by atoms with E-state index in [2.05, 4.69) is 5.10 Å². The average molecular weight is 190 g/mol. The lowest BCUT2D eigenvalue weighted by molar-refractivity contribution is 0.625. The molecule has 0 saturated heterocycles. The summed E-state index contributed by atoms with van der Waals surface area (Å²) in [7, 11) is 0. The quantitative estimate of drug-likeness (QED) is 0.711. The monoisotopic (exact) mass is 190 g/mol. The Balaban J connectivity index is 2.39. The number of rotatable bonds is 2. The molecule has 1 aromatic heterocycles. The second-order valence-corrected chi connectivity index (χ2v) is 3.09. The first-order valence-electron chi connectivity index (χ1n) is 4.60. The molecule has 0 atom stereocenters. The van der Waals surface area contributed by atoms with Crippen molar-refractivity contribution in [2.24, 2.45) is 0 Å². The number of hydrogen-bond acceptors (Lipinski definition) is 1. The van der Waals surface area contributed by atoms with Gasteiger partial charge in [0.1, 0.15) is 5.82 Å². The Kier molecular flexibility index (Phi) is 2.31. The molecular formula is C11H11FN2. The van der Waals surface area contributed by atoms with E-state index >= 15 is 0 Å². The first kappa shape index (κ1) is 8.94. The number of benzene rings is 1. The van der Waals surface area contributed by atoms with Crippen LogP contribution >= 0.6 is 0 Å². The molecule has 0 aliphatic heterocycles. The van der Waals surface area contributed by atoms with Crippen LogP contribution in [0.3, 0.4) is 0 Å². The van der Waals surface area contributed by atoms with Gasteiger partial charge in [-0.1, -0.05) is 13.0 Å². The van der Waals surface area contributed by atoms with Crippen molar-refractivity contribution < 1.29 is 4.39 Å². The van der Waals surface area contributed by atoms with Crippen molar-refractivity contribution in [3.8, 4) is 5.69 Å². The van der Waals surface area contributed by atoms with Gasteiger partial charge in [-0.3, -0.25) is 0 Å². The van der Waals surface area contributed by atoms with Gasteiger partial charge in [-0.25, -0.2) is 9.07 Å². The lowest BCUT2D eigenvalue weighted by Crippen LogP contribution is -1.95. The van der Waals surface area contributed by atoms with Gasteiger partial charge in [-0.2, -0.15) is 5.10 Å². The van der Waals surface area contributed by atoms with E-state index in [0.29, 0.717) is 0 Å². The predicted molar refractivity (Wildman–Crippen MR) is 52.9 cm³/mol. The third kappa shape index (κ3) is 1.66. The second kappa shape index (κ2) is 3.62. The molecule has 0 N–H and O–H groups in total. The smallest absolute Gasteiger partial charge is 0.125 e. The van der Waals surface area contributed by atoms with E-state index in [-0.39, 0.29) is 5.82 Å². The fourth-order valence-electron chi connectivity index (χ4n) is 1.31. The fraction of sp³-hybridized carbons (Fsp3) is 0.182. The topological polar surface area (TPSA) is 17.8 Å². The third-order valence-corrected chi connectivity index (χ3v) is 2.08. The van der Waals surface area contributed by atoms with Gasteiger partial charge < -0.3 is 0 Å². The van der Waals surface area contributed by atoms with Crippen LogP contribution in [0.5, 0.6) is 0 Å². The molecule has 2 rings (SSSR count). The summed E-state index contributed by atoms with van der Waals surface area (Å²) in [5.41, 5.74) is 1.76. The van der Waals surface area contributed by atoms with Crippen molar-refractivity contribution in [3.63, 3.8) is 0 Å². The number of aromatic nitrogens is 2. The minimum atomic E-state index is -0.240. The summed E-state index contributed by atoms with van der Waals surface area (Å²) >= 11 is 0. The van der Waals surface area contributed by atoms with Crippen molar-refractivity contribution >= 4 is 0 Å². The van der Waals surface area contributed by atoms with Gasteiger partial charge in [-0.15, -0.1) is 0 Å². The zero-order valence-electron chi connectivity index (χ0n) is 7.94. The largest absolute Gasteiger partial charge is 0.241 e. The van der Waals surface area contributed by atoms with Crippen molar-refractivity contribution in [1.82, 2.24) is 9.78 Å². The maximum absolute atomic E-state index is 12.9. The van der Waals surface area contributed by atoms with E-state index in [1.165, 1.54) is 12.1 Å². The molecule has 1 heterocycles. The van der Waals surface area contributed by atoms with Gasteiger partial charge in [0.25, 0.3) is 0 Å². The molecule has 0 saturated carbocycles. The molecule has 0 aliphatic rings. The fourth-order valence-corrected chi connectivity index (χ4v) is 1.31. The highest BCUT2D eigenvalue weighted by molar-refractivity contribution is 5.31. The molecule has 0 amide bonds.